The molecule has 1 aliphatic carbocycles. The molecule has 0 aliphatic heterocycles. The summed E-state index contributed by atoms with van der Waals surface area (Å²) in [6.07, 6.45) is 3.38. The van der Waals surface area contributed by atoms with Crippen LogP contribution in [-0.2, 0) is 11.2 Å². The Morgan fingerprint density at radius 3 is 2.70 bits per heavy atom. The maximum atomic E-state index is 11.9. The van der Waals surface area contributed by atoms with Crippen molar-refractivity contribution < 1.29 is 4.79 Å². The molecule has 110 valence electrons. The van der Waals surface area contributed by atoms with E-state index in [9.17, 15) is 4.79 Å². The third-order valence-corrected chi connectivity index (χ3v) is 3.95. The monoisotopic (exact) mass is 275 g/mol. The Balaban J connectivity index is 1.67. The number of benzene rings is 1. The van der Waals surface area contributed by atoms with E-state index in [2.05, 4.69) is 22.3 Å². The average molecular weight is 275 g/mol. The first-order valence-electron chi connectivity index (χ1n) is 7.41. The molecule has 1 aliphatic rings. The summed E-state index contributed by atoms with van der Waals surface area (Å²) in [6.45, 7) is 1.76. The molecule has 0 saturated heterocycles. The molecule has 0 spiro atoms. The van der Waals surface area contributed by atoms with Crippen LogP contribution in [0, 0.1) is 5.92 Å². The topological polar surface area (TPSA) is 58.4 Å². The number of nitrogens with zero attached hydrogens (tertiary/aromatic N) is 1. The van der Waals surface area contributed by atoms with E-state index in [-0.39, 0.29) is 5.91 Å². The van der Waals surface area contributed by atoms with Gasteiger partial charge in [-0.05, 0) is 37.8 Å². The molecule has 20 heavy (non-hydrogen) atoms. The largest absolute Gasteiger partial charge is 0.355 e. The highest BCUT2D eigenvalue weighted by molar-refractivity contribution is 5.78. The molecule has 1 amide bonds. The fourth-order valence-electron chi connectivity index (χ4n) is 2.60. The van der Waals surface area contributed by atoms with E-state index in [1.807, 2.05) is 25.2 Å². The second-order valence-corrected chi connectivity index (χ2v) is 5.64. The first kappa shape index (κ1) is 15.0. The fourth-order valence-corrected chi connectivity index (χ4v) is 2.60. The second-order valence-electron chi connectivity index (χ2n) is 5.64. The van der Waals surface area contributed by atoms with Gasteiger partial charge in [-0.25, -0.2) is 0 Å². The van der Waals surface area contributed by atoms with Crippen LogP contribution in [0.3, 0.4) is 0 Å². The summed E-state index contributed by atoms with van der Waals surface area (Å²) in [4.78, 5) is 14.0. The number of likely N-dealkylation sites (N-methyl/N-ethyl adjacent to an activating group) is 1. The Bertz CT molecular complexity index is 417. The van der Waals surface area contributed by atoms with E-state index >= 15 is 0 Å². The minimum Gasteiger partial charge on any atom is -0.355 e. The predicted octanol–water partition coefficient (Wildman–Crippen LogP) is 1.01. The molecule has 1 fully saturated rings. The molecule has 1 atom stereocenters. The fraction of sp³-hybridized carbons (Fsp3) is 0.562. The highest BCUT2D eigenvalue weighted by atomic mass is 16.2. The molecule has 0 aromatic heterocycles. The van der Waals surface area contributed by atoms with Gasteiger partial charge in [-0.3, -0.25) is 9.69 Å². The Labute approximate surface area is 121 Å². The average Bonchev–Trinajstić information content (AvgIpc) is 3.25. The van der Waals surface area contributed by atoms with Crippen molar-refractivity contribution in [3.05, 3.63) is 35.9 Å². The second kappa shape index (κ2) is 7.41. The van der Waals surface area contributed by atoms with Gasteiger partial charge in [-0.2, -0.15) is 0 Å². The minimum absolute atomic E-state index is 0.0857. The van der Waals surface area contributed by atoms with E-state index in [4.69, 9.17) is 5.73 Å². The molecule has 0 heterocycles. The van der Waals surface area contributed by atoms with Crippen LogP contribution in [0.15, 0.2) is 30.3 Å². The van der Waals surface area contributed by atoms with E-state index < -0.39 is 0 Å². The smallest absolute Gasteiger partial charge is 0.234 e. The van der Waals surface area contributed by atoms with E-state index in [0.29, 0.717) is 31.6 Å². The zero-order chi connectivity index (χ0) is 14.4. The van der Waals surface area contributed by atoms with Gasteiger partial charge in [0.15, 0.2) is 0 Å². The number of nitrogens with two attached hydrogens (primary N) is 1. The molecule has 1 aromatic carbocycles. The molecular formula is C16H25N3O. The SMILES string of the molecule is CN(CC(=O)NCCc1ccccc1)C(CN)C1CC1. The Morgan fingerprint density at radius 2 is 2.10 bits per heavy atom. The molecule has 1 aromatic rings. The van der Waals surface area contributed by atoms with Crippen molar-refractivity contribution >= 4 is 5.91 Å². The van der Waals surface area contributed by atoms with Crippen LogP contribution in [0.25, 0.3) is 0 Å². The van der Waals surface area contributed by atoms with E-state index in [1.54, 1.807) is 0 Å². The van der Waals surface area contributed by atoms with E-state index in [1.165, 1.54) is 18.4 Å². The van der Waals surface area contributed by atoms with Gasteiger partial charge in [0.2, 0.25) is 5.91 Å². The number of carbonyl (C=O) groups excluding carboxylic acids is 1. The van der Waals surface area contributed by atoms with Gasteiger partial charge in [0.1, 0.15) is 0 Å². The van der Waals surface area contributed by atoms with Crippen molar-refractivity contribution in [1.29, 1.82) is 0 Å². The van der Waals surface area contributed by atoms with Gasteiger partial charge in [-0.15, -0.1) is 0 Å². The van der Waals surface area contributed by atoms with Crippen molar-refractivity contribution in [3.8, 4) is 0 Å². The summed E-state index contributed by atoms with van der Waals surface area (Å²) >= 11 is 0. The lowest BCUT2D eigenvalue weighted by Crippen LogP contribution is -2.45. The molecule has 3 N–H and O–H groups in total. The lowest BCUT2D eigenvalue weighted by atomic mass is 10.1. The summed E-state index contributed by atoms with van der Waals surface area (Å²) in [6, 6.07) is 10.6. The number of carbonyl (C=O) groups is 1. The minimum atomic E-state index is 0.0857. The summed E-state index contributed by atoms with van der Waals surface area (Å²) < 4.78 is 0. The van der Waals surface area contributed by atoms with Crippen LogP contribution in [-0.4, -0.2) is 43.5 Å². The molecule has 0 radical (unpaired) electrons. The number of hydrogen-bond acceptors (Lipinski definition) is 3. The van der Waals surface area contributed by atoms with Crippen LogP contribution in [0.5, 0.6) is 0 Å². The maximum Gasteiger partial charge on any atom is 0.234 e. The lowest BCUT2D eigenvalue weighted by molar-refractivity contribution is -0.122. The highest BCUT2D eigenvalue weighted by Crippen LogP contribution is 2.34. The number of amides is 1. The van der Waals surface area contributed by atoms with Crippen molar-refractivity contribution in [2.45, 2.75) is 25.3 Å². The van der Waals surface area contributed by atoms with Crippen molar-refractivity contribution in [3.63, 3.8) is 0 Å². The molecule has 4 heteroatoms. The summed E-state index contributed by atoms with van der Waals surface area (Å²) in [7, 11) is 1.99. The van der Waals surface area contributed by atoms with Crippen LogP contribution in [0.2, 0.25) is 0 Å². The van der Waals surface area contributed by atoms with E-state index in [0.717, 1.165) is 6.42 Å². The Kier molecular flexibility index (Phi) is 5.56. The standard InChI is InChI=1S/C16H25N3O/c1-19(15(11-17)14-7-8-14)12-16(20)18-10-9-13-5-3-2-4-6-13/h2-6,14-15H,7-12,17H2,1H3,(H,18,20). The van der Waals surface area contributed by atoms with Crippen LogP contribution in [0.1, 0.15) is 18.4 Å². The quantitative estimate of drug-likeness (QED) is 0.744. The zero-order valence-corrected chi connectivity index (χ0v) is 12.2. The van der Waals surface area contributed by atoms with Crippen LogP contribution < -0.4 is 11.1 Å². The third-order valence-electron chi connectivity index (χ3n) is 3.95. The third kappa shape index (κ3) is 4.62. The van der Waals surface area contributed by atoms with Gasteiger partial charge < -0.3 is 11.1 Å². The van der Waals surface area contributed by atoms with Crippen molar-refractivity contribution in [2.75, 3.05) is 26.7 Å². The lowest BCUT2D eigenvalue weighted by Gasteiger charge is -2.26. The summed E-state index contributed by atoms with van der Waals surface area (Å²) in [5.74, 6) is 0.782. The summed E-state index contributed by atoms with van der Waals surface area (Å²) in [5.41, 5.74) is 7.04. The van der Waals surface area contributed by atoms with Crippen LogP contribution in [0.4, 0.5) is 0 Å². The molecular weight excluding hydrogens is 250 g/mol. The Morgan fingerprint density at radius 1 is 1.40 bits per heavy atom. The van der Waals surface area contributed by atoms with Gasteiger partial charge in [0.25, 0.3) is 0 Å². The molecule has 0 bridgehead atoms. The first-order chi connectivity index (χ1) is 9.70. The molecule has 4 nitrogen and oxygen atoms in total. The number of rotatable bonds is 8. The zero-order valence-electron chi connectivity index (χ0n) is 12.2. The van der Waals surface area contributed by atoms with Gasteiger partial charge in [0.05, 0.1) is 6.54 Å². The highest BCUT2D eigenvalue weighted by Gasteiger charge is 2.33. The number of hydrogen-bond donors (Lipinski definition) is 2. The molecule has 1 unspecified atom stereocenters. The predicted molar refractivity (Wildman–Crippen MR) is 81.4 cm³/mol. The molecule has 2 rings (SSSR count). The normalized spacial score (nSPS) is 16.1. The Hall–Kier alpha value is -1.39. The van der Waals surface area contributed by atoms with Gasteiger partial charge in [-0.1, -0.05) is 30.3 Å². The van der Waals surface area contributed by atoms with Crippen LogP contribution >= 0.6 is 0 Å². The van der Waals surface area contributed by atoms with Crippen molar-refractivity contribution in [1.82, 2.24) is 10.2 Å². The molecule has 1 saturated carbocycles. The van der Waals surface area contributed by atoms with Gasteiger partial charge in [0, 0.05) is 19.1 Å². The van der Waals surface area contributed by atoms with Crippen molar-refractivity contribution in [2.24, 2.45) is 11.7 Å². The number of nitrogens with one attached hydrogen (secondary N) is 1. The summed E-state index contributed by atoms with van der Waals surface area (Å²) in [5, 5.41) is 2.98. The maximum absolute atomic E-state index is 11.9. The van der Waals surface area contributed by atoms with Gasteiger partial charge >= 0.3 is 0 Å². The first-order valence-corrected chi connectivity index (χ1v) is 7.41.